The monoisotopic (exact) mass is 509 g/mol. The highest BCUT2D eigenvalue weighted by atomic mass is 35.5. The van der Waals surface area contributed by atoms with Crippen LogP contribution in [0.5, 0.6) is 5.75 Å². The van der Waals surface area contributed by atoms with Crippen molar-refractivity contribution in [2.75, 3.05) is 11.5 Å². The highest BCUT2D eigenvalue weighted by molar-refractivity contribution is 6.52. The SMILES string of the molecule is Cc1cccc(C2/C(=C(\O)c3ccc(OCC(C)C)cc3)C(=O)C(=O)N2c2ccc(Cl)c(Cl)c2)c1. The topological polar surface area (TPSA) is 66.8 Å². The Morgan fingerprint density at radius 1 is 1.00 bits per heavy atom. The molecule has 0 aliphatic carbocycles. The Balaban J connectivity index is 1.84. The average molecular weight is 510 g/mol. The van der Waals surface area contributed by atoms with Crippen LogP contribution in [-0.4, -0.2) is 23.4 Å². The van der Waals surface area contributed by atoms with E-state index >= 15 is 0 Å². The average Bonchev–Trinajstić information content (AvgIpc) is 3.10. The fraction of sp³-hybridized carbons (Fsp3) is 0.214. The zero-order valence-electron chi connectivity index (χ0n) is 19.6. The number of anilines is 1. The van der Waals surface area contributed by atoms with Crippen LogP contribution in [0.25, 0.3) is 5.76 Å². The number of amides is 1. The van der Waals surface area contributed by atoms with Crippen molar-refractivity contribution in [1.29, 1.82) is 0 Å². The number of halogens is 2. The third-order valence-corrected chi connectivity index (χ3v) is 6.43. The molecule has 1 aliphatic rings. The summed E-state index contributed by atoms with van der Waals surface area (Å²) in [5, 5.41) is 11.9. The molecule has 1 N–H and O–H groups in total. The van der Waals surface area contributed by atoms with Crippen molar-refractivity contribution in [2.24, 2.45) is 5.92 Å². The van der Waals surface area contributed by atoms with E-state index in [1.807, 2.05) is 31.2 Å². The van der Waals surface area contributed by atoms with Crippen LogP contribution >= 0.6 is 23.2 Å². The molecule has 0 spiro atoms. The molecule has 1 atom stereocenters. The molecule has 1 saturated heterocycles. The van der Waals surface area contributed by atoms with Gasteiger partial charge in [0.25, 0.3) is 11.7 Å². The third kappa shape index (κ3) is 5.07. The Bertz CT molecular complexity index is 1310. The van der Waals surface area contributed by atoms with Gasteiger partial charge in [-0.15, -0.1) is 0 Å². The zero-order chi connectivity index (χ0) is 25.3. The lowest BCUT2D eigenvalue weighted by molar-refractivity contribution is -0.132. The maximum atomic E-state index is 13.3. The van der Waals surface area contributed by atoms with E-state index in [4.69, 9.17) is 27.9 Å². The van der Waals surface area contributed by atoms with Crippen molar-refractivity contribution in [3.63, 3.8) is 0 Å². The van der Waals surface area contributed by atoms with Gasteiger partial charge in [-0.3, -0.25) is 14.5 Å². The summed E-state index contributed by atoms with van der Waals surface area (Å²) >= 11 is 12.3. The zero-order valence-corrected chi connectivity index (χ0v) is 21.1. The molecule has 3 aromatic rings. The lowest BCUT2D eigenvalue weighted by atomic mass is 9.94. The molecule has 5 nitrogen and oxygen atoms in total. The van der Waals surface area contributed by atoms with E-state index in [0.29, 0.717) is 40.1 Å². The fourth-order valence-electron chi connectivity index (χ4n) is 4.02. The van der Waals surface area contributed by atoms with E-state index in [9.17, 15) is 14.7 Å². The predicted molar refractivity (Wildman–Crippen MR) is 139 cm³/mol. The van der Waals surface area contributed by atoms with Gasteiger partial charge < -0.3 is 9.84 Å². The van der Waals surface area contributed by atoms with E-state index in [1.165, 1.54) is 4.90 Å². The molecular formula is C28H25Cl2NO4. The fourth-order valence-corrected chi connectivity index (χ4v) is 4.31. The smallest absolute Gasteiger partial charge is 0.300 e. The van der Waals surface area contributed by atoms with Crippen LogP contribution in [0.2, 0.25) is 10.0 Å². The number of carbonyl (C=O) groups excluding carboxylic acids is 2. The Kier molecular flexibility index (Phi) is 7.20. The van der Waals surface area contributed by atoms with Crippen molar-refractivity contribution < 1.29 is 19.4 Å². The minimum Gasteiger partial charge on any atom is -0.507 e. The summed E-state index contributed by atoms with van der Waals surface area (Å²) in [6.45, 7) is 6.59. The van der Waals surface area contributed by atoms with Gasteiger partial charge in [-0.25, -0.2) is 0 Å². The molecule has 35 heavy (non-hydrogen) atoms. The van der Waals surface area contributed by atoms with Gasteiger partial charge >= 0.3 is 0 Å². The number of aliphatic hydroxyl groups is 1. The number of ketones is 1. The van der Waals surface area contributed by atoms with Gasteiger partial charge in [-0.2, -0.15) is 0 Å². The molecule has 1 unspecified atom stereocenters. The van der Waals surface area contributed by atoms with E-state index in [2.05, 4.69) is 13.8 Å². The number of ether oxygens (including phenoxy) is 1. The molecule has 1 amide bonds. The van der Waals surface area contributed by atoms with Gasteiger partial charge in [0, 0.05) is 11.3 Å². The molecule has 3 aromatic carbocycles. The quantitative estimate of drug-likeness (QED) is 0.221. The first kappa shape index (κ1) is 24.8. The summed E-state index contributed by atoms with van der Waals surface area (Å²) < 4.78 is 5.71. The van der Waals surface area contributed by atoms with Crippen LogP contribution < -0.4 is 9.64 Å². The summed E-state index contributed by atoms with van der Waals surface area (Å²) in [4.78, 5) is 27.9. The number of hydrogen-bond donors (Lipinski definition) is 1. The maximum absolute atomic E-state index is 13.3. The van der Waals surface area contributed by atoms with Crippen LogP contribution in [0.3, 0.4) is 0 Å². The molecular weight excluding hydrogens is 485 g/mol. The van der Waals surface area contributed by atoms with Crippen molar-refractivity contribution in [1.82, 2.24) is 0 Å². The molecule has 4 rings (SSSR count). The van der Waals surface area contributed by atoms with Gasteiger partial charge in [-0.1, -0.05) is 66.9 Å². The molecule has 7 heteroatoms. The minimum atomic E-state index is -0.844. The number of Topliss-reactive ketones (excluding diaryl/α,β-unsaturated/α-hetero) is 1. The number of nitrogens with zero attached hydrogens (tertiary/aromatic N) is 1. The Morgan fingerprint density at radius 3 is 2.34 bits per heavy atom. The summed E-state index contributed by atoms with van der Waals surface area (Å²) in [5.74, 6) is -0.766. The van der Waals surface area contributed by atoms with Gasteiger partial charge in [0.1, 0.15) is 11.5 Å². The largest absolute Gasteiger partial charge is 0.507 e. The molecule has 1 aliphatic heterocycles. The number of hydrogen-bond acceptors (Lipinski definition) is 4. The molecule has 0 aromatic heterocycles. The van der Waals surface area contributed by atoms with Gasteiger partial charge in [0.15, 0.2) is 0 Å². The normalized spacial score (nSPS) is 17.3. The minimum absolute atomic E-state index is 0.00233. The number of aliphatic hydroxyl groups excluding tert-OH is 1. The molecule has 0 radical (unpaired) electrons. The first-order valence-corrected chi connectivity index (χ1v) is 12.0. The maximum Gasteiger partial charge on any atom is 0.300 e. The molecule has 1 heterocycles. The van der Waals surface area contributed by atoms with Gasteiger partial charge in [0.2, 0.25) is 0 Å². The Labute approximate surface area is 214 Å². The highest BCUT2D eigenvalue weighted by Crippen LogP contribution is 2.43. The van der Waals surface area contributed by atoms with Crippen molar-refractivity contribution >= 4 is 46.3 Å². The first-order chi connectivity index (χ1) is 16.7. The van der Waals surface area contributed by atoms with Crippen molar-refractivity contribution in [2.45, 2.75) is 26.8 Å². The van der Waals surface area contributed by atoms with Gasteiger partial charge in [-0.05, 0) is 60.9 Å². The second-order valence-corrected chi connectivity index (χ2v) is 9.73. The highest BCUT2D eigenvalue weighted by Gasteiger charge is 2.47. The van der Waals surface area contributed by atoms with Crippen molar-refractivity contribution in [3.05, 3.63) is 99.0 Å². The standard InChI is InChI=1S/C28H25Cl2NO4/c1-16(2)15-35-21-10-7-18(8-11-21)26(32)24-25(19-6-4-5-17(3)13-19)31(28(34)27(24)33)20-9-12-22(29)23(30)14-20/h4-14,16,25,32H,15H2,1-3H3/b26-24+. The summed E-state index contributed by atoms with van der Waals surface area (Å²) in [5.41, 5.74) is 2.46. The van der Waals surface area contributed by atoms with E-state index in [0.717, 1.165) is 5.56 Å². The number of carbonyl (C=O) groups is 2. The molecule has 0 bridgehead atoms. The summed E-state index contributed by atoms with van der Waals surface area (Å²) in [7, 11) is 0. The lowest BCUT2D eigenvalue weighted by Gasteiger charge is -2.26. The number of benzene rings is 3. The number of aryl methyl sites for hydroxylation is 1. The Hall–Kier alpha value is -3.28. The van der Waals surface area contributed by atoms with E-state index < -0.39 is 17.7 Å². The molecule has 180 valence electrons. The summed E-state index contributed by atoms with van der Waals surface area (Å²) in [6, 6.07) is 18.2. The van der Waals surface area contributed by atoms with Crippen LogP contribution in [0.1, 0.15) is 36.6 Å². The molecule has 0 saturated carbocycles. The van der Waals surface area contributed by atoms with E-state index in [1.54, 1.807) is 42.5 Å². The number of rotatable bonds is 6. The van der Waals surface area contributed by atoms with E-state index in [-0.39, 0.29) is 16.4 Å². The van der Waals surface area contributed by atoms with Crippen LogP contribution in [0, 0.1) is 12.8 Å². The molecule has 1 fully saturated rings. The summed E-state index contributed by atoms with van der Waals surface area (Å²) in [6.07, 6.45) is 0. The van der Waals surface area contributed by atoms with Gasteiger partial charge in [0.05, 0.1) is 28.3 Å². The lowest BCUT2D eigenvalue weighted by Crippen LogP contribution is -2.29. The second-order valence-electron chi connectivity index (χ2n) is 8.91. The first-order valence-electron chi connectivity index (χ1n) is 11.2. The second kappa shape index (κ2) is 10.1. The van der Waals surface area contributed by atoms with Crippen LogP contribution in [-0.2, 0) is 9.59 Å². The van der Waals surface area contributed by atoms with Crippen LogP contribution in [0.4, 0.5) is 5.69 Å². The predicted octanol–water partition coefficient (Wildman–Crippen LogP) is 6.96. The van der Waals surface area contributed by atoms with Crippen molar-refractivity contribution in [3.8, 4) is 5.75 Å². The third-order valence-electron chi connectivity index (χ3n) is 5.69. The Morgan fingerprint density at radius 2 is 1.71 bits per heavy atom. The van der Waals surface area contributed by atoms with Crippen LogP contribution in [0.15, 0.2) is 72.3 Å².